The van der Waals surface area contributed by atoms with E-state index in [0.29, 0.717) is 23.6 Å². The molecule has 7 heteroatoms. The van der Waals surface area contributed by atoms with Gasteiger partial charge in [-0.25, -0.2) is 4.98 Å². The number of fused-ring (bicyclic) bond motifs is 1. The summed E-state index contributed by atoms with van der Waals surface area (Å²) in [5, 5.41) is 0. The lowest BCUT2D eigenvalue weighted by Crippen LogP contribution is -2.43. The van der Waals surface area contributed by atoms with Crippen LogP contribution in [-0.4, -0.2) is 23.4 Å². The molecule has 3 rings (SSSR count). The Morgan fingerprint density at radius 3 is 2.48 bits per heavy atom. The number of hydrogen-bond donors (Lipinski definition) is 2. The Morgan fingerprint density at radius 1 is 1.04 bits per heavy atom. The molecule has 2 amide bonds. The first kappa shape index (κ1) is 18.4. The number of ether oxygens (including phenoxy) is 1. The standard InChI is InChI=1S/C20H21N3O4/c1-13-9-14(2)11-15(10-13)26-12-19(25)23-22-18(24)7-8-20-21-16-5-3-4-6-17(16)27-20/h3-6,9-11H,7-8,12H2,1-2H3,(H,22,24)(H,23,25). The third kappa shape index (κ3) is 5.31. The van der Waals surface area contributed by atoms with Crippen molar-refractivity contribution in [2.45, 2.75) is 26.7 Å². The average Bonchev–Trinajstić information content (AvgIpc) is 3.05. The fourth-order valence-electron chi connectivity index (χ4n) is 2.65. The Hall–Kier alpha value is -3.35. The lowest BCUT2D eigenvalue weighted by atomic mass is 10.1. The number of amides is 2. The number of carbonyl (C=O) groups is 2. The number of benzene rings is 2. The van der Waals surface area contributed by atoms with Gasteiger partial charge in [0.05, 0.1) is 0 Å². The van der Waals surface area contributed by atoms with Gasteiger partial charge in [0.15, 0.2) is 18.1 Å². The zero-order chi connectivity index (χ0) is 19.2. The van der Waals surface area contributed by atoms with Crippen molar-refractivity contribution in [3.05, 3.63) is 59.5 Å². The lowest BCUT2D eigenvalue weighted by molar-refractivity contribution is -0.130. The minimum absolute atomic E-state index is 0.144. The molecule has 3 aromatic rings. The predicted octanol–water partition coefficient (Wildman–Crippen LogP) is 2.60. The van der Waals surface area contributed by atoms with E-state index < -0.39 is 5.91 Å². The molecule has 140 valence electrons. The second kappa shape index (κ2) is 8.35. The van der Waals surface area contributed by atoms with E-state index in [1.807, 2.05) is 56.3 Å². The molecule has 1 heterocycles. The minimum atomic E-state index is -0.440. The van der Waals surface area contributed by atoms with Crippen LogP contribution in [0.1, 0.15) is 23.4 Å². The van der Waals surface area contributed by atoms with Crippen LogP contribution < -0.4 is 15.6 Å². The molecule has 27 heavy (non-hydrogen) atoms. The minimum Gasteiger partial charge on any atom is -0.484 e. The zero-order valence-electron chi connectivity index (χ0n) is 15.2. The molecule has 0 radical (unpaired) electrons. The van der Waals surface area contributed by atoms with Gasteiger partial charge in [0.2, 0.25) is 5.91 Å². The number of nitrogens with zero attached hydrogens (tertiary/aromatic N) is 1. The molecule has 0 aliphatic rings. The third-order valence-electron chi connectivity index (χ3n) is 3.81. The van der Waals surface area contributed by atoms with E-state index in [1.54, 1.807) is 0 Å². The number of carbonyl (C=O) groups excluding carboxylic acids is 2. The van der Waals surface area contributed by atoms with Crippen molar-refractivity contribution in [3.8, 4) is 5.75 Å². The SMILES string of the molecule is Cc1cc(C)cc(OCC(=O)NNC(=O)CCc2nc3ccccc3o2)c1. The number of hydrogen-bond acceptors (Lipinski definition) is 5. The Morgan fingerprint density at radius 2 is 1.74 bits per heavy atom. The lowest BCUT2D eigenvalue weighted by Gasteiger charge is -2.09. The predicted molar refractivity (Wildman–Crippen MR) is 100 cm³/mol. The molecular weight excluding hydrogens is 346 g/mol. The van der Waals surface area contributed by atoms with Gasteiger partial charge in [-0.3, -0.25) is 20.4 Å². The topological polar surface area (TPSA) is 93.5 Å². The highest BCUT2D eigenvalue weighted by Crippen LogP contribution is 2.16. The van der Waals surface area contributed by atoms with E-state index in [2.05, 4.69) is 15.8 Å². The Labute approximate surface area is 156 Å². The van der Waals surface area contributed by atoms with Gasteiger partial charge in [-0.05, 0) is 49.2 Å². The molecule has 1 aromatic heterocycles. The van der Waals surface area contributed by atoms with Crippen molar-refractivity contribution >= 4 is 22.9 Å². The smallest absolute Gasteiger partial charge is 0.276 e. The summed E-state index contributed by atoms with van der Waals surface area (Å²) in [7, 11) is 0. The fraction of sp³-hybridized carbons (Fsp3) is 0.250. The Kier molecular flexibility index (Phi) is 5.71. The van der Waals surface area contributed by atoms with E-state index in [-0.39, 0.29) is 18.9 Å². The van der Waals surface area contributed by atoms with Crippen molar-refractivity contribution in [2.75, 3.05) is 6.61 Å². The van der Waals surface area contributed by atoms with Crippen LogP contribution in [0.4, 0.5) is 0 Å². The largest absolute Gasteiger partial charge is 0.484 e. The van der Waals surface area contributed by atoms with Gasteiger partial charge in [-0.1, -0.05) is 18.2 Å². The van der Waals surface area contributed by atoms with Crippen LogP contribution in [0.2, 0.25) is 0 Å². The molecular formula is C20H21N3O4. The third-order valence-corrected chi connectivity index (χ3v) is 3.81. The molecule has 0 unspecified atom stereocenters. The Bertz CT molecular complexity index is 912. The molecule has 7 nitrogen and oxygen atoms in total. The van der Waals surface area contributed by atoms with Crippen LogP contribution in [-0.2, 0) is 16.0 Å². The molecule has 2 aromatic carbocycles. The number of aromatic nitrogens is 1. The maximum absolute atomic E-state index is 11.9. The van der Waals surface area contributed by atoms with Crippen molar-refractivity contribution in [3.63, 3.8) is 0 Å². The van der Waals surface area contributed by atoms with E-state index in [4.69, 9.17) is 9.15 Å². The first-order valence-corrected chi connectivity index (χ1v) is 8.63. The summed E-state index contributed by atoms with van der Waals surface area (Å²) >= 11 is 0. The molecule has 0 atom stereocenters. The highest BCUT2D eigenvalue weighted by atomic mass is 16.5. The maximum atomic E-state index is 11.9. The van der Waals surface area contributed by atoms with Gasteiger partial charge in [0, 0.05) is 12.8 Å². The number of aryl methyl sites for hydroxylation is 3. The molecule has 0 aliphatic carbocycles. The normalized spacial score (nSPS) is 10.6. The molecule has 0 saturated heterocycles. The average molecular weight is 367 g/mol. The summed E-state index contributed by atoms with van der Waals surface area (Å²) in [5.41, 5.74) is 8.23. The van der Waals surface area contributed by atoms with Crippen molar-refractivity contribution < 1.29 is 18.7 Å². The van der Waals surface area contributed by atoms with Crippen LogP contribution >= 0.6 is 0 Å². The van der Waals surface area contributed by atoms with Gasteiger partial charge < -0.3 is 9.15 Å². The second-order valence-corrected chi connectivity index (χ2v) is 6.28. The number of nitrogens with one attached hydrogen (secondary N) is 2. The summed E-state index contributed by atoms with van der Waals surface area (Å²) in [6.07, 6.45) is 0.487. The number of para-hydroxylation sites is 2. The zero-order valence-corrected chi connectivity index (χ0v) is 15.2. The van der Waals surface area contributed by atoms with E-state index >= 15 is 0 Å². The molecule has 2 N–H and O–H groups in total. The van der Waals surface area contributed by atoms with E-state index in [0.717, 1.165) is 16.6 Å². The first-order chi connectivity index (χ1) is 13.0. The van der Waals surface area contributed by atoms with Gasteiger partial charge in [-0.2, -0.15) is 0 Å². The number of hydrazine groups is 1. The quantitative estimate of drug-likeness (QED) is 0.653. The van der Waals surface area contributed by atoms with Crippen LogP contribution in [0.5, 0.6) is 5.75 Å². The number of oxazole rings is 1. The summed E-state index contributed by atoms with van der Waals surface area (Å²) in [6.45, 7) is 3.72. The first-order valence-electron chi connectivity index (χ1n) is 8.63. The van der Waals surface area contributed by atoms with Crippen LogP contribution in [0.3, 0.4) is 0 Å². The Balaban J connectivity index is 1.39. The van der Waals surface area contributed by atoms with Crippen LogP contribution in [0.25, 0.3) is 11.1 Å². The van der Waals surface area contributed by atoms with Crippen LogP contribution in [0.15, 0.2) is 46.9 Å². The monoisotopic (exact) mass is 367 g/mol. The van der Waals surface area contributed by atoms with E-state index in [9.17, 15) is 9.59 Å². The van der Waals surface area contributed by atoms with Gasteiger partial charge in [0.25, 0.3) is 5.91 Å². The van der Waals surface area contributed by atoms with Gasteiger partial charge >= 0.3 is 0 Å². The van der Waals surface area contributed by atoms with Crippen molar-refractivity contribution in [2.24, 2.45) is 0 Å². The summed E-state index contributed by atoms with van der Waals surface area (Å²) in [5.74, 6) is 0.321. The number of rotatable bonds is 6. The molecule has 0 spiro atoms. The fourth-order valence-corrected chi connectivity index (χ4v) is 2.65. The van der Waals surface area contributed by atoms with Gasteiger partial charge in [0.1, 0.15) is 11.3 Å². The highest BCUT2D eigenvalue weighted by molar-refractivity contribution is 5.82. The summed E-state index contributed by atoms with van der Waals surface area (Å²) in [6, 6.07) is 13.1. The second-order valence-electron chi connectivity index (χ2n) is 6.28. The van der Waals surface area contributed by atoms with Crippen molar-refractivity contribution in [1.29, 1.82) is 0 Å². The van der Waals surface area contributed by atoms with Crippen LogP contribution in [0, 0.1) is 13.8 Å². The summed E-state index contributed by atoms with van der Waals surface area (Å²) < 4.78 is 11.0. The highest BCUT2D eigenvalue weighted by Gasteiger charge is 2.10. The maximum Gasteiger partial charge on any atom is 0.276 e. The molecule has 0 bridgehead atoms. The van der Waals surface area contributed by atoms with Crippen molar-refractivity contribution in [1.82, 2.24) is 15.8 Å². The van der Waals surface area contributed by atoms with E-state index in [1.165, 1.54) is 0 Å². The molecule has 0 aliphatic heterocycles. The summed E-state index contributed by atoms with van der Waals surface area (Å²) in [4.78, 5) is 28.0. The van der Waals surface area contributed by atoms with Gasteiger partial charge in [-0.15, -0.1) is 0 Å². The molecule has 0 fully saturated rings. The molecule has 0 saturated carbocycles.